The first-order chi connectivity index (χ1) is 21.9. The molecule has 0 aromatic carbocycles. The van der Waals surface area contributed by atoms with Crippen LogP contribution in [-0.2, 0) is 90.5 Å². The Hall–Kier alpha value is -4.36. The van der Waals surface area contributed by atoms with Crippen LogP contribution in [0.15, 0.2) is 0 Å². The molecule has 19 nitrogen and oxygen atoms in total. The fourth-order valence-electron chi connectivity index (χ4n) is 4.73. The first kappa shape index (κ1) is 38.8. The molecule has 19 heteroatoms. The van der Waals surface area contributed by atoms with Crippen molar-refractivity contribution in [2.45, 2.75) is 117 Å². The van der Waals surface area contributed by atoms with Crippen molar-refractivity contribution in [2.24, 2.45) is 0 Å². The predicted octanol–water partition coefficient (Wildman–Crippen LogP) is -0.831. The van der Waals surface area contributed by atoms with E-state index in [1.165, 1.54) is 0 Å². The topological polar surface area (TPSA) is 238 Å². The number of rotatable bonds is 12. The number of hydrogen-bond donors (Lipinski definition) is 0. The molecule has 0 radical (unpaired) electrons. The molecule has 2 fully saturated rings. The van der Waals surface area contributed by atoms with Crippen LogP contribution in [0.2, 0.25) is 0 Å². The van der Waals surface area contributed by atoms with Gasteiger partial charge >= 0.3 is 47.8 Å². The van der Waals surface area contributed by atoms with Crippen LogP contribution < -0.4 is 0 Å². The van der Waals surface area contributed by atoms with Gasteiger partial charge in [-0.1, -0.05) is 0 Å². The molecular weight excluding hydrogens is 640 g/mol. The van der Waals surface area contributed by atoms with E-state index in [1.807, 2.05) is 0 Å². The van der Waals surface area contributed by atoms with Crippen molar-refractivity contribution in [1.29, 1.82) is 0 Å². The lowest BCUT2D eigenvalue weighted by molar-refractivity contribution is -0.357. The fourth-order valence-corrected chi connectivity index (χ4v) is 4.73. The smallest absolute Gasteiger partial charge is 0.305 e. The summed E-state index contributed by atoms with van der Waals surface area (Å²) in [6, 6.07) is 0. The Morgan fingerprint density at radius 3 is 1.11 bits per heavy atom. The van der Waals surface area contributed by atoms with E-state index in [1.54, 1.807) is 0 Å². The van der Waals surface area contributed by atoms with E-state index in [2.05, 4.69) is 0 Å². The minimum absolute atomic E-state index is 0.590. The fraction of sp³-hybridized carbons (Fsp3) is 0.714. The van der Waals surface area contributed by atoms with Gasteiger partial charge in [-0.2, -0.15) is 0 Å². The summed E-state index contributed by atoms with van der Waals surface area (Å²) in [4.78, 5) is 96.3. The van der Waals surface area contributed by atoms with Gasteiger partial charge in [0.15, 0.2) is 30.7 Å². The molecule has 2 saturated heterocycles. The summed E-state index contributed by atoms with van der Waals surface area (Å²) < 4.78 is 60.2. The van der Waals surface area contributed by atoms with E-state index in [0.717, 1.165) is 55.4 Å². The zero-order valence-electron chi connectivity index (χ0n) is 26.9. The monoisotopic (exact) mass is 678 g/mol. The van der Waals surface area contributed by atoms with Gasteiger partial charge < -0.3 is 52.1 Å². The lowest BCUT2D eigenvalue weighted by Crippen LogP contribution is -2.67. The summed E-state index contributed by atoms with van der Waals surface area (Å²) in [5.41, 5.74) is 0. The highest BCUT2D eigenvalue weighted by molar-refractivity contribution is 5.70. The molecule has 0 bridgehead atoms. The molecule has 264 valence electrons. The first-order valence-electron chi connectivity index (χ1n) is 14.2. The van der Waals surface area contributed by atoms with E-state index in [-0.39, 0.29) is 0 Å². The third kappa shape index (κ3) is 12.1. The highest BCUT2D eigenvalue weighted by Gasteiger charge is 2.58. The number of ether oxygens (including phenoxy) is 11. The SMILES string of the molecule is CC(=O)OC[C@H]1O[C@H](O[C@@H]2[C@H](OC(C)=O)[C@@H](OC(C)=O)[C@H](OC(C)=O)O[C@@H]2COC(C)=O)[C@H](OC(C)=O)[C@@H](OC(C)=O)[C@H]1OC(C)=O. The van der Waals surface area contributed by atoms with Gasteiger partial charge in [-0.25, -0.2) is 0 Å². The summed E-state index contributed by atoms with van der Waals surface area (Å²) >= 11 is 0. The van der Waals surface area contributed by atoms with Crippen LogP contribution in [0.4, 0.5) is 0 Å². The zero-order chi connectivity index (χ0) is 35.6. The molecule has 47 heavy (non-hydrogen) atoms. The zero-order valence-corrected chi connectivity index (χ0v) is 26.9. The Balaban J connectivity index is 2.73. The molecule has 0 N–H and O–H groups in total. The maximum absolute atomic E-state index is 12.3. The molecule has 0 aliphatic carbocycles. The van der Waals surface area contributed by atoms with Crippen molar-refractivity contribution in [3.63, 3.8) is 0 Å². The molecule has 0 amide bonds. The predicted molar refractivity (Wildman–Crippen MR) is 145 cm³/mol. The van der Waals surface area contributed by atoms with E-state index >= 15 is 0 Å². The Morgan fingerprint density at radius 1 is 0.383 bits per heavy atom. The molecular formula is C28H38O19. The lowest BCUT2D eigenvalue weighted by atomic mass is 9.96. The molecule has 0 spiro atoms. The van der Waals surface area contributed by atoms with Gasteiger partial charge in [0, 0.05) is 55.4 Å². The van der Waals surface area contributed by atoms with E-state index in [0.29, 0.717) is 0 Å². The summed E-state index contributed by atoms with van der Waals surface area (Å²) in [5.74, 6) is -7.02. The highest BCUT2D eigenvalue weighted by Crippen LogP contribution is 2.35. The van der Waals surface area contributed by atoms with Gasteiger partial charge in [0.25, 0.3) is 0 Å². The van der Waals surface area contributed by atoms with Crippen LogP contribution in [0, 0.1) is 0 Å². The number of esters is 8. The second-order valence-corrected chi connectivity index (χ2v) is 10.3. The van der Waals surface area contributed by atoms with Crippen LogP contribution in [0.25, 0.3) is 0 Å². The second-order valence-electron chi connectivity index (χ2n) is 10.3. The van der Waals surface area contributed by atoms with Crippen molar-refractivity contribution in [1.82, 2.24) is 0 Å². The normalized spacial score (nSPS) is 30.0. The van der Waals surface area contributed by atoms with Crippen LogP contribution in [0.3, 0.4) is 0 Å². The van der Waals surface area contributed by atoms with Crippen LogP contribution in [0.1, 0.15) is 55.4 Å². The van der Waals surface area contributed by atoms with E-state index < -0.39 is 122 Å². The Bertz CT molecular complexity index is 1200. The minimum atomic E-state index is -1.83. The minimum Gasteiger partial charge on any atom is -0.463 e. The molecule has 2 heterocycles. The van der Waals surface area contributed by atoms with Crippen molar-refractivity contribution in [3.8, 4) is 0 Å². The van der Waals surface area contributed by atoms with Crippen molar-refractivity contribution in [2.75, 3.05) is 13.2 Å². The van der Waals surface area contributed by atoms with Gasteiger partial charge in [0.2, 0.25) is 12.4 Å². The van der Waals surface area contributed by atoms with Crippen LogP contribution in [-0.4, -0.2) is 122 Å². The van der Waals surface area contributed by atoms with Crippen molar-refractivity contribution in [3.05, 3.63) is 0 Å². The van der Waals surface area contributed by atoms with Crippen molar-refractivity contribution < 1.29 is 90.5 Å². The average Bonchev–Trinajstić information content (AvgIpc) is 2.91. The Labute approximate surface area is 268 Å². The first-order valence-corrected chi connectivity index (χ1v) is 14.2. The number of carbonyl (C=O) groups is 8. The standard InChI is InChI=1S/C28H38O19/c1-11(29)37-9-19-21(39-13(3)31)23(40-14(4)32)26(43-17(7)35)28(46-19)47-22-20(10-38-12(2)30)45-27(44-18(8)36)25(42-16(6)34)24(22)41-15(5)33/h19-28H,9-10H2,1-8H3/t19-,20-,21+,22+,23+,24+,25-,26-,27-,28-/m1/s1. The maximum atomic E-state index is 12.3. The molecule has 2 aliphatic heterocycles. The Kier molecular flexibility index (Phi) is 14.5. The third-order valence-electron chi connectivity index (χ3n) is 6.17. The average molecular weight is 679 g/mol. The second kappa shape index (κ2) is 17.5. The molecule has 2 aliphatic rings. The van der Waals surface area contributed by atoms with Gasteiger partial charge in [-0.3, -0.25) is 38.4 Å². The molecule has 0 aromatic heterocycles. The molecule has 0 unspecified atom stereocenters. The van der Waals surface area contributed by atoms with E-state index in [4.69, 9.17) is 52.1 Å². The van der Waals surface area contributed by atoms with Gasteiger partial charge in [0.1, 0.15) is 31.5 Å². The van der Waals surface area contributed by atoms with E-state index in [9.17, 15) is 38.4 Å². The quantitative estimate of drug-likeness (QED) is 0.181. The molecule has 10 atom stereocenters. The summed E-state index contributed by atoms with van der Waals surface area (Å²) in [7, 11) is 0. The van der Waals surface area contributed by atoms with Crippen molar-refractivity contribution >= 4 is 47.8 Å². The largest absolute Gasteiger partial charge is 0.463 e. The summed E-state index contributed by atoms with van der Waals surface area (Å²) in [5, 5.41) is 0. The molecule has 2 rings (SSSR count). The van der Waals surface area contributed by atoms with Gasteiger partial charge in [-0.15, -0.1) is 0 Å². The summed E-state index contributed by atoms with van der Waals surface area (Å²) in [6.45, 7) is 7.05. The Morgan fingerprint density at radius 2 is 0.702 bits per heavy atom. The lowest BCUT2D eigenvalue weighted by Gasteiger charge is -2.48. The highest BCUT2D eigenvalue weighted by atomic mass is 16.8. The summed E-state index contributed by atoms with van der Waals surface area (Å²) in [6.07, 6.45) is -16.3. The van der Waals surface area contributed by atoms with Crippen LogP contribution in [0.5, 0.6) is 0 Å². The molecule has 0 aromatic rings. The third-order valence-corrected chi connectivity index (χ3v) is 6.17. The maximum Gasteiger partial charge on any atom is 0.305 e. The van der Waals surface area contributed by atoms with Gasteiger partial charge in [0.05, 0.1) is 0 Å². The van der Waals surface area contributed by atoms with Crippen LogP contribution >= 0.6 is 0 Å². The number of carbonyl (C=O) groups excluding carboxylic acids is 8. The number of hydrogen-bond acceptors (Lipinski definition) is 19. The van der Waals surface area contributed by atoms with Gasteiger partial charge in [-0.05, 0) is 0 Å². The molecule has 0 saturated carbocycles.